The molecule has 1 amide bonds. The number of carbonyl (C=O) groups is 1. The zero-order chi connectivity index (χ0) is 15.9. The number of halogens is 2. The molecule has 0 aromatic heterocycles. The molecule has 0 radical (unpaired) electrons. The Bertz CT molecular complexity index is 682. The van der Waals surface area contributed by atoms with E-state index in [-0.39, 0.29) is 18.1 Å². The standard InChI is InChI=1S/C16H14Cl2N2O2/c17-13-5-3-6-14(18)12(13)10-19-20-16(22)9-8-11-4-1-2-7-15(11)21/h1-7,10,21H,8-9H2,(H,20,22)/b19-10+. The number of benzene rings is 2. The van der Waals surface area contributed by atoms with E-state index >= 15 is 0 Å². The van der Waals surface area contributed by atoms with Crippen LogP contribution in [0.1, 0.15) is 17.5 Å². The zero-order valence-electron chi connectivity index (χ0n) is 11.6. The van der Waals surface area contributed by atoms with Gasteiger partial charge in [0.05, 0.1) is 16.3 Å². The van der Waals surface area contributed by atoms with E-state index in [4.69, 9.17) is 23.2 Å². The topological polar surface area (TPSA) is 61.7 Å². The first-order valence-corrected chi connectivity index (χ1v) is 7.36. The number of hydrogen-bond acceptors (Lipinski definition) is 3. The molecule has 2 aromatic rings. The Balaban J connectivity index is 1.88. The van der Waals surface area contributed by atoms with Crippen LogP contribution in [0.4, 0.5) is 0 Å². The van der Waals surface area contributed by atoms with Crippen LogP contribution in [-0.4, -0.2) is 17.2 Å². The van der Waals surface area contributed by atoms with Crippen LogP contribution >= 0.6 is 23.2 Å². The molecule has 0 aliphatic rings. The van der Waals surface area contributed by atoms with Crippen molar-refractivity contribution in [1.82, 2.24) is 5.43 Å². The van der Waals surface area contributed by atoms with Crippen LogP contribution in [0.3, 0.4) is 0 Å². The Morgan fingerprint density at radius 1 is 1.14 bits per heavy atom. The summed E-state index contributed by atoms with van der Waals surface area (Å²) in [6, 6.07) is 12.0. The van der Waals surface area contributed by atoms with Crippen LogP contribution in [-0.2, 0) is 11.2 Å². The second kappa shape index (κ2) is 7.82. The average Bonchev–Trinajstić information content (AvgIpc) is 2.49. The van der Waals surface area contributed by atoms with Gasteiger partial charge < -0.3 is 5.11 Å². The number of carbonyl (C=O) groups excluding carboxylic acids is 1. The molecule has 0 unspecified atom stereocenters. The number of hydrogen-bond donors (Lipinski definition) is 2. The van der Waals surface area contributed by atoms with E-state index in [1.807, 2.05) is 6.07 Å². The van der Waals surface area contributed by atoms with Crippen molar-refractivity contribution in [2.24, 2.45) is 5.10 Å². The minimum Gasteiger partial charge on any atom is -0.508 e. The van der Waals surface area contributed by atoms with Gasteiger partial charge in [0, 0.05) is 12.0 Å². The Morgan fingerprint density at radius 2 is 1.82 bits per heavy atom. The molecular weight excluding hydrogens is 323 g/mol. The number of aryl methyl sites for hydroxylation is 1. The summed E-state index contributed by atoms with van der Waals surface area (Å²) < 4.78 is 0. The normalized spacial score (nSPS) is 10.8. The van der Waals surface area contributed by atoms with Gasteiger partial charge in [0.1, 0.15) is 5.75 Å². The summed E-state index contributed by atoms with van der Waals surface area (Å²) in [4.78, 5) is 11.7. The van der Waals surface area contributed by atoms with Crippen molar-refractivity contribution >= 4 is 35.3 Å². The van der Waals surface area contributed by atoms with Gasteiger partial charge in [0.2, 0.25) is 5.91 Å². The molecule has 0 aliphatic heterocycles. The van der Waals surface area contributed by atoms with Crippen molar-refractivity contribution in [2.75, 3.05) is 0 Å². The van der Waals surface area contributed by atoms with E-state index in [1.165, 1.54) is 6.21 Å². The molecule has 2 N–H and O–H groups in total. The summed E-state index contributed by atoms with van der Waals surface area (Å²) in [5.41, 5.74) is 3.67. The van der Waals surface area contributed by atoms with E-state index < -0.39 is 0 Å². The smallest absolute Gasteiger partial charge is 0.240 e. The molecule has 0 fully saturated rings. The molecule has 0 atom stereocenters. The number of hydrazone groups is 1. The Morgan fingerprint density at radius 3 is 2.50 bits per heavy atom. The zero-order valence-corrected chi connectivity index (χ0v) is 13.1. The molecule has 114 valence electrons. The molecule has 2 rings (SSSR count). The number of phenolic OH excluding ortho intramolecular Hbond substituents is 1. The van der Waals surface area contributed by atoms with Crippen molar-refractivity contribution in [3.05, 3.63) is 63.6 Å². The molecule has 0 aliphatic carbocycles. The number of phenols is 1. The lowest BCUT2D eigenvalue weighted by molar-refractivity contribution is -0.121. The minimum absolute atomic E-state index is 0.182. The number of nitrogens with one attached hydrogen (secondary N) is 1. The lowest BCUT2D eigenvalue weighted by Gasteiger charge is -2.04. The van der Waals surface area contributed by atoms with Gasteiger partial charge in [-0.05, 0) is 30.2 Å². The second-order valence-electron chi connectivity index (χ2n) is 4.56. The SMILES string of the molecule is O=C(CCc1ccccc1O)N/N=C/c1c(Cl)cccc1Cl. The number of amides is 1. The third-order valence-electron chi connectivity index (χ3n) is 3.00. The maximum Gasteiger partial charge on any atom is 0.240 e. The average molecular weight is 337 g/mol. The fourth-order valence-electron chi connectivity index (χ4n) is 1.83. The van der Waals surface area contributed by atoms with Gasteiger partial charge in [-0.1, -0.05) is 47.5 Å². The summed E-state index contributed by atoms with van der Waals surface area (Å²) in [5, 5.41) is 14.4. The van der Waals surface area contributed by atoms with Gasteiger partial charge in [-0.3, -0.25) is 4.79 Å². The second-order valence-corrected chi connectivity index (χ2v) is 5.37. The number of rotatable bonds is 5. The fourth-order valence-corrected chi connectivity index (χ4v) is 2.32. The third-order valence-corrected chi connectivity index (χ3v) is 3.65. The monoisotopic (exact) mass is 336 g/mol. The van der Waals surface area contributed by atoms with Crippen LogP contribution in [0.2, 0.25) is 10.0 Å². The molecule has 6 heteroatoms. The lowest BCUT2D eigenvalue weighted by atomic mass is 10.1. The summed E-state index contributed by atoms with van der Waals surface area (Å²) in [5.74, 6) is -0.0793. The largest absolute Gasteiger partial charge is 0.508 e. The van der Waals surface area contributed by atoms with E-state index in [9.17, 15) is 9.90 Å². The predicted octanol–water partition coefficient (Wildman–Crippen LogP) is 3.78. The molecule has 4 nitrogen and oxygen atoms in total. The van der Waals surface area contributed by atoms with Gasteiger partial charge in [-0.2, -0.15) is 5.10 Å². The Kier molecular flexibility index (Phi) is 5.81. The van der Waals surface area contributed by atoms with Crippen molar-refractivity contribution in [1.29, 1.82) is 0 Å². The van der Waals surface area contributed by atoms with E-state index in [1.54, 1.807) is 36.4 Å². The van der Waals surface area contributed by atoms with Crippen molar-refractivity contribution in [3.63, 3.8) is 0 Å². The third kappa shape index (κ3) is 4.48. The van der Waals surface area contributed by atoms with Crippen LogP contribution in [0.25, 0.3) is 0 Å². The molecule has 2 aromatic carbocycles. The number of aromatic hydroxyl groups is 1. The van der Waals surface area contributed by atoms with E-state index in [0.717, 1.165) is 5.56 Å². The number of para-hydroxylation sites is 1. The van der Waals surface area contributed by atoms with Gasteiger partial charge in [0.25, 0.3) is 0 Å². The van der Waals surface area contributed by atoms with Gasteiger partial charge >= 0.3 is 0 Å². The highest BCUT2D eigenvalue weighted by molar-refractivity contribution is 6.38. The summed E-state index contributed by atoms with van der Waals surface area (Å²) in [6.07, 6.45) is 2.05. The fraction of sp³-hybridized carbons (Fsp3) is 0.125. The molecule has 0 saturated heterocycles. The highest BCUT2D eigenvalue weighted by Gasteiger charge is 2.05. The van der Waals surface area contributed by atoms with Gasteiger partial charge in [-0.15, -0.1) is 0 Å². The van der Waals surface area contributed by atoms with Crippen LogP contribution < -0.4 is 5.43 Å². The lowest BCUT2D eigenvalue weighted by Crippen LogP contribution is -2.18. The molecule has 0 heterocycles. The van der Waals surface area contributed by atoms with Crippen molar-refractivity contribution in [2.45, 2.75) is 12.8 Å². The first kappa shape index (κ1) is 16.3. The molecule has 22 heavy (non-hydrogen) atoms. The first-order chi connectivity index (χ1) is 10.6. The summed E-state index contributed by atoms with van der Waals surface area (Å²) >= 11 is 12.0. The van der Waals surface area contributed by atoms with E-state index in [0.29, 0.717) is 22.0 Å². The first-order valence-electron chi connectivity index (χ1n) is 6.60. The highest BCUT2D eigenvalue weighted by atomic mass is 35.5. The predicted molar refractivity (Wildman–Crippen MR) is 88.6 cm³/mol. The maximum atomic E-state index is 11.7. The van der Waals surface area contributed by atoms with Crippen molar-refractivity contribution in [3.8, 4) is 5.75 Å². The van der Waals surface area contributed by atoms with Crippen LogP contribution in [0, 0.1) is 0 Å². The summed E-state index contributed by atoms with van der Waals surface area (Å²) in [6.45, 7) is 0. The van der Waals surface area contributed by atoms with Crippen LogP contribution in [0.5, 0.6) is 5.75 Å². The highest BCUT2D eigenvalue weighted by Crippen LogP contribution is 2.22. The van der Waals surface area contributed by atoms with Gasteiger partial charge in [-0.25, -0.2) is 5.43 Å². The summed E-state index contributed by atoms with van der Waals surface area (Å²) in [7, 11) is 0. The number of nitrogens with zero attached hydrogens (tertiary/aromatic N) is 1. The Hall–Kier alpha value is -2.04. The van der Waals surface area contributed by atoms with Gasteiger partial charge in [0.15, 0.2) is 0 Å². The molecule has 0 spiro atoms. The Labute approximate surface area is 138 Å². The molecule has 0 bridgehead atoms. The van der Waals surface area contributed by atoms with E-state index in [2.05, 4.69) is 10.5 Å². The molecule has 0 saturated carbocycles. The minimum atomic E-state index is -0.261. The quantitative estimate of drug-likeness (QED) is 0.644. The maximum absolute atomic E-state index is 11.7. The van der Waals surface area contributed by atoms with Crippen molar-refractivity contribution < 1.29 is 9.90 Å². The van der Waals surface area contributed by atoms with Crippen LogP contribution in [0.15, 0.2) is 47.6 Å². The molecular formula is C16H14Cl2N2O2.